The average Bonchev–Trinajstić information content (AvgIpc) is 3.10. The molecule has 0 aliphatic heterocycles. The van der Waals surface area contributed by atoms with Gasteiger partial charge in [-0.2, -0.15) is 4.98 Å². The molecular formula is C18H17N3O2. The summed E-state index contributed by atoms with van der Waals surface area (Å²) in [7, 11) is 0. The van der Waals surface area contributed by atoms with Crippen LogP contribution in [0.1, 0.15) is 28.7 Å². The summed E-state index contributed by atoms with van der Waals surface area (Å²) in [6.45, 7) is 2.46. The van der Waals surface area contributed by atoms with Gasteiger partial charge in [0.05, 0.1) is 0 Å². The van der Waals surface area contributed by atoms with E-state index >= 15 is 0 Å². The summed E-state index contributed by atoms with van der Waals surface area (Å²) in [5.74, 6) is 1.03. The predicted molar refractivity (Wildman–Crippen MR) is 86.7 cm³/mol. The number of benzene rings is 2. The fraction of sp³-hybridized carbons (Fsp3) is 0.167. The van der Waals surface area contributed by atoms with Crippen LogP contribution < -0.4 is 5.32 Å². The third-order valence-electron chi connectivity index (χ3n) is 3.47. The Morgan fingerprint density at radius 2 is 1.83 bits per heavy atom. The minimum absolute atomic E-state index is 0.109. The number of carbonyl (C=O) groups excluding carboxylic acids is 1. The lowest BCUT2D eigenvalue weighted by Gasteiger charge is -2.05. The molecule has 1 amide bonds. The Bertz CT molecular complexity index is 780. The van der Waals surface area contributed by atoms with Crippen molar-refractivity contribution in [1.29, 1.82) is 0 Å². The second-order valence-electron chi connectivity index (χ2n) is 5.11. The van der Waals surface area contributed by atoms with Gasteiger partial charge in [0.15, 0.2) is 0 Å². The summed E-state index contributed by atoms with van der Waals surface area (Å²) in [5, 5.41) is 6.82. The van der Waals surface area contributed by atoms with Crippen LogP contribution in [0.25, 0.3) is 11.4 Å². The molecule has 0 radical (unpaired) electrons. The summed E-state index contributed by atoms with van der Waals surface area (Å²) in [4.78, 5) is 16.4. The second kappa shape index (κ2) is 6.87. The lowest BCUT2D eigenvalue weighted by molar-refractivity contribution is 0.0951. The molecule has 0 aliphatic rings. The van der Waals surface area contributed by atoms with Gasteiger partial charge < -0.3 is 9.84 Å². The van der Waals surface area contributed by atoms with Gasteiger partial charge in [-0.05, 0) is 17.7 Å². The van der Waals surface area contributed by atoms with Gasteiger partial charge in [0.2, 0.25) is 11.7 Å². The summed E-state index contributed by atoms with van der Waals surface area (Å²) in [6, 6.07) is 17.0. The van der Waals surface area contributed by atoms with Gasteiger partial charge in [0, 0.05) is 24.1 Å². The van der Waals surface area contributed by atoms with Gasteiger partial charge in [0.1, 0.15) is 0 Å². The van der Waals surface area contributed by atoms with Gasteiger partial charge in [0.25, 0.3) is 5.91 Å². The van der Waals surface area contributed by atoms with Crippen LogP contribution in [0.3, 0.4) is 0 Å². The molecule has 23 heavy (non-hydrogen) atoms. The number of hydrogen-bond donors (Lipinski definition) is 1. The summed E-state index contributed by atoms with van der Waals surface area (Å²) in [6.07, 6.45) is 0.701. The molecule has 0 saturated heterocycles. The van der Waals surface area contributed by atoms with Crippen LogP contribution >= 0.6 is 0 Å². The molecule has 0 fully saturated rings. The Kier molecular flexibility index (Phi) is 4.47. The number of amides is 1. The Hall–Kier alpha value is -2.95. The second-order valence-corrected chi connectivity index (χ2v) is 5.11. The maximum atomic E-state index is 12.2. The number of hydrogen-bond acceptors (Lipinski definition) is 4. The van der Waals surface area contributed by atoms with E-state index in [1.165, 1.54) is 0 Å². The first-order valence-corrected chi connectivity index (χ1v) is 7.51. The van der Waals surface area contributed by atoms with Crippen molar-refractivity contribution >= 4 is 5.91 Å². The topological polar surface area (TPSA) is 68.0 Å². The van der Waals surface area contributed by atoms with Gasteiger partial charge in [-0.25, -0.2) is 0 Å². The van der Waals surface area contributed by atoms with Crippen LogP contribution in [-0.2, 0) is 13.0 Å². The molecule has 5 nitrogen and oxygen atoms in total. The predicted octanol–water partition coefficient (Wildman–Crippen LogP) is 3.23. The van der Waals surface area contributed by atoms with Crippen molar-refractivity contribution in [3.63, 3.8) is 0 Å². The van der Waals surface area contributed by atoms with Crippen LogP contribution in [0.4, 0.5) is 0 Å². The molecule has 5 heteroatoms. The maximum absolute atomic E-state index is 12.2. The van der Waals surface area contributed by atoms with E-state index in [9.17, 15) is 4.79 Å². The molecule has 0 bridgehead atoms. The standard InChI is InChI=1S/C18H17N3O2/c1-2-16-20-17(21-23-16)14-8-10-15(11-9-14)18(22)19-12-13-6-4-3-5-7-13/h3-11H,2,12H2,1H3,(H,19,22). The molecule has 0 unspecified atom stereocenters. The van der Waals surface area contributed by atoms with Crippen molar-refractivity contribution in [2.24, 2.45) is 0 Å². The van der Waals surface area contributed by atoms with Crippen molar-refractivity contribution < 1.29 is 9.32 Å². The van der Waals surface area contributed by atoms with Gasteiger partial charge in [-0.3, -0.25) is 4.79 Å². The number of nitrogens with zero attached hydrogens (tertiary/aromatic N) is 2. The fourth-order valence-corrected chi connectivity index (χ4v) is 2.17. The molecule has 0 aliphatic carbocycles. The minimum atomic E-state index is -0.109. The van der Waals surface area contributed by atoms with Crippen LogP contribution in [0.5, 0.6) is 0 Å². The van der Waals surface area contributed by atoms with E-state index in [-0.39, 0.29) is 5.91 Å². The van der Waals surface area contributed by atoms with E-state index in [1.54, 1.807) is 12.1 Å². The molecule has 0 saturated carbocycles. The van der Waals surface area contributed by atoms with Crippen molar-refractivity contribution in [1.82, 2.24) is 15.5 Å². The molecule has 0 spiro atoms. The van der Waals surface area contributed by atoms with E-state index in [1.807, 2.05) is 49.4 Å². The van der Waals surface area contributed by atoms with E-state index < -0.39 is 0 Å². The highest BCUT2D eigenvalue weighted by molar-refractivity contribution is 5.94. The summed E-state index contributed by atoms with van der Waals surface area (Å²) >= 11 is 0. The summed E-state index contributed by atoms with van der Waals surface area (Å²) < 4.78 is 5.09. The van der Waals surface area contributed by atoms with Gasteiger partial charge >= 0.3 is 0 Å². The molecule has 1 aromatic heterocycles. The lowest BCUT2D eigenvalue weighted by atomic mass is 10.1. The number of aromatic nitrogens is 2. The van der Waals surface area contributed by atoms with Crippen LogP contribution in [0.15, 0.2) is 59.1 Å². The highest BCUT2D eigenvalue weighted by Gasteiger charge is 2.09. The maximum Gasteiger partial charge on any atom is 0.251 e. The van der Waals surface area contributed by atoms with Crippen molar-refractivity contribution in [2.45, 2.75) is 19.9 Å². The highest BCUT2D eigenvalue weighted by Crippen LogP contribution is 2.16. The number of aryl methyl sites for hydroxylation is 1. The zero-order chi connectivity index (χ0) is 16.1. The first-order valence-electron chi connectivity index (χ1n) is 7.51. The first-order chi connectivity index (χ1) is 11.3. The smallest absolute Gasteiger partial charge is 0.251 e. The number of nitrogens with one attached hydrogen (secondary N) is 1. The molecular weight excluding hydrogens is 290 g/mol. The third-order valence-corrected chi connectivity index (χ3v) is 3.47. The number of rotatable bonds is 5. The van der Waals surface area contributed by atoms with Crippen LogP contribution in [0, 0.1) is 0 Å². The molecule has 1 heterocycles. The van der Waals surface area contributed by atoms with Crippen LogP contribution in [0.2, 0.25) is 0 Å². The largest absolute Gasteiger partial charge is 0.348 e. The Morgan fingerprint density at radius 1 is 1.09 bits per heavy atom. The van der Waals surface area contributed by atoms with Crippen molar-refractivity contribution in [3.8, 4) is 11.4 Å². The quantitative estimate of drug-likeness (QED) is 0.786. The van der Waals surface area contributed by atoms with E-state index in [0.29, 0.717) is 30.2 Å². The zero-order valence-corrected chi connectivity index (χ0v) is 12.8. The highest BCUT2D eigenvalue weighted by atomic mass is 16.5. The van der Waals surface area contributed by atoms with Crippen molar-refractivity contribution in [3.05, 3.63) is 71.6 Å². The minimum Gasteiger partial charge on any atom is -0.348 e. The normalized spacial score (nSPS) is 10.5. The molecule has 3 rings (SSSR count). The Morgan fingerprint density at radius 3 is 2.48 bits per heavy atom. The fourth-order valence-electron chi connectivity index (χ4n) is 2.17. The lowest BCUT2D eigenvalue weighted by Crippen LogP contribution is -2.22. The van der Waals surface area contributed by atoms with Gasteiger partial charge in [-0.1, -0.05) is 54.5 Å². The SMILES string of the molecule is CCc1nc(-c2ccc(C(=O)NCc3ccccc3)cc2)no1. The van der Waals surface area contributed by atoms with Gasteiger partial charge in [-0.15, -0.1) is 0 Å². The zero-order valence-electron chi connectivity index (χ0n) is 12.8. The van der Waals surface area contributed by atoms with E-state index in [0.717, 1.165) is 11.1 Å². The Balaban J connectivity index is 1.65. The summed E-state index contributed by atoms with van der Waals surface area (Å²) in [5.41, 5.74) is 2.49. The third kappa shape index (κ3) is 3.63. The number of carbonyl (C=O) groups is 1. The monoisotopic (exact) mass is 307 g/mol. The molecule has 0 atom stereocenters. The Labute approximate surface area is 134 Å². The molecule has 3 aromatic rings. The van der Waals surface area contributed by atoms with Crippen LogP contribution in [-0.4, -0.2) is 16.0 Å². The van der Waals surface area contributed by atoms with E-state index in [2.05, 4.69) is 15.5 Å². The molecule has 2 aromatic carbocycles. The van der Waals surface area contributed by atoms with E-state index in [4.69, 9.17) is 4.52 Å². The molecule has 116 valence electrons. The van der Waals surface area contributed by atoms with Crippen molar-refractivity contribution in [2.75, 3.05) is 0 Å². The first kappa shape index (κ1) is 15.0. The average molecular weight is 307 g/mol. The molecule has 1 N–H and O–H groups in total.